The van der Waals surface area contributed by atoms with Crippen LogP contribution in [0, 0.1) is 0 Å². The number of anilines is 1. The lowest BCUT2D eigenvalue weighted by molar-refractivity contribution is -0.917. The maximum absolute atomic E-state index is 12.5. The lowest BCUT2D eigenvalue weighted by Crippen LogP contribution is -3.13. The molecular weight excluding hydrogens is 350 g/mol. The van der Waals surface area contributed by atoms with E-state index in [2.05, 4.69) is 17.4 Å². The van der Waals surface area contributed by atoms with E-state index in [1.165, 1.54) is 10.5 Å². The molecule has 0 bridgehead atoms. The Morgan fingerprint density at radius 1 is 1.15 bits per heavy atom. The van der Waals surface area contributed by atoms with Gasteiger partial charge in [0.05, 0.1) is 45.5 Å². The van der Waals surface area contributed by atoms with Crippen LogP contribution in [-0.4, -0.2) is 50.6 Å². The number of benzene rings is 2. The van der Waals surface area contributed by atoms with E-state index in [4.69, 9.17) is 16.3 Å². The minimum Gasteiger partial charge on any atom is -0.495 e. The number of carbonyl (C=O) groups excluding carboxylic acids is 1. The minimum atomic E-state index is 0.126. The van der Waals surface area contributed by atoms with Crippen LogP contribution in [0.4, 0.5) is 5.69 Å². The van der Waals surface area contributed by atoms with Crippen molar-refractivity contribution in [1.82, 2.24) is 4.90 Å². The highest BCUT2D eigenvalue weighted by molar-refractivity contribution is 6.30. The Morgan fingerprint density at radius 3 is 2.54 bits per heavy atom. The third-order valence-corrected chi connectivity index (χ3v) is 4.98. The summed E-state index contributed by atoms with van der Waals surface area (Å²) in [6, 6.07) is 15.6. The summed E-state index contributed by atoms with van der Waals surface area (Å²) in [7, 11) is 1.63. The molecule has 0 aromatic heterocycles. The van der Waals surface area contributed by atoms with Gasteiger partial charge < -0.3 is 19.9 Å². The summed E-state index contributed by atoms with van der Waals surface area (Å²) in [4.78, 5) is 15.9. The fourth-order valence-electron chi connectivity index (χ4n) is 3.21. The highest BCUT2D eigenvalue weighted by Gasteiger charge is 2.23. The Kier molecular flexibility index (Phi) is 6.36. The molecule has 2 aromatic rings. The Hall–Kier alpha value is -2.24. The molecule has 1 heterocycles. The van der Waals surface area contributed by atoms with Gasteiger partial charge in [0.2, 0.25) is 5.91 Å². The van der Waals surface area contributed by atoms with Gasteiger partial charge in [-0.2, -0.15) is 0 Å². The summed E-state index contributed by atoms with van der Waals surface area (Å²) in [5, 5.41) is 3.95. The number of halogens is 1. The highest BCUT2D eigenvalue weighted by atomic mass is 35.5. The van der Waals surface area contributed by atoms with E-state index in [1.54, 1.807) is 7.11 Å². The van der Waals surface area contributed by atoms with Crippen LogP contribution < -0.4 is 15.0 Å². The van der Waals surface area contributed by atoms with Crippen molar-refractivity contribution in [2.75, 3.05) is 45.2 Å². The SMILES string of the molecule is COc1ccccc1NCC(=O)N1CC[NH+](Cc2ccc(Cl)cc2)CC1. The predicted octanol–water partition coefficient (Wildman–Crippen LogP) is 1.69. The van der Waals surface area contributed by atoms with Crippen LogP contribution in [0.2, 0.25) is 5.02 Å². The first kappa shape index (κ1) is 18.5. The maximum atomic E-state index is 12.5. The molecule has 0 spiro atoms. The molecule has 1 fully saturated rings. The highest BCUT2D eigenvalue weighted by Crippen LogP contribution is 2.22. The summed E-state index contributed by atoms with van der Waals surface area (Å²) in [5.74, 6) is 0.874. The Bertz CT molecular complexity index is 728. The molecule has 1 saturated heterocycles. The largest absolute Gasteiger partial charge is 0.495 e. The second-order valence-electron chi connectivity index (χ2n) is 6.49. The Morgan fingerprint density at radius 2 is 1.85 bits per heavy atom. The average molecular weight is 375 g/mol. The van der Waals surface area contributed by atoms with Gasteiger partial charge in [0.25, 0.3) is 0 Å². The van der Waals surface area contributed by atoms with Crippen molar-refractivity contribution < 1.29 is 14.4 Å². The van der Waals surface area contributed by atoms with Gasteiger partial charge in [0.15, 0.2) is 0 Å². The van der Waals surface area contributed by atoms with E-state index in [1.807, 2.05) is 41.3 Å². The monoisotopic (exact) mass is 374 g/mol. The van der Waals surface area contributed by atoms with E-state index >= 15 is 0 Å². The summed E-state index contributed by atoms with van der Waals surface area (Å²) in [6.07, 6.45) is 0. The van der Waals surface area contributed by atoms with Crippen LogP contribution in [0.15, 0.2) is 48.5 Å². The molecule has 1 amide bonds. The lowest BCUT2D eigenvalue weighted by atomic mass is 10.2. The third-order valence-electron chi connectivity index (χ3n) is 4.73. The molecule has 2 N–H and O–H groups in total. The van der Waals surface area contributed by atoms with E-state index in [0.717, 1.165) is 49.2 Å². The van der Waals surface area contributed by atoms with Crippen molar-refractivity contribution in [2.45, 2.75) is 6.54 Å². The fraction of sp³-hybridized carbons (Fsp3) is 0.350. The van der Waals surface area contributed by atoms with Crippen molar-refractivity contribution >= 4 is 23.2 Å². The molecular formula is C20H25ClN3O2+. The van der Waals surface area contributed by atoms with Gasteiger partial charge in [0, 0.05) is 10.6 Å². The third kappa shape index (κ3) is 4.90. The molecule has 0 atom stereocenters. The molecule has 1 aliphatic rings. The van der Waals surface area contributed by atoms with Gasteiger partial charge in [-0.05, 0) is 24.3 Å². The number of hydrogen-bond donors (Lipinski definition) is 2. The minimum absolute atomic E-state index is 0.126. The van der Waals surface area contributed by atoms with Crippen molar-refractivity contribution in [3.63, 3.8) is 0 Å². The number of nitrogens with one attached hydrogen (secondary N) is 2. The van der Waals surface area contributed by atoms with Gasteiger partial charge in [-0.3, -0.25) is 4.79 Å². The van der Waals surface area contributed by atoms with Crippen LogP contribution in [0.25, 0.3) is 0 Å². The molecule has 26 heavy (non-hydrogen) atoms. The molecule has 0 aliphatic carbocycles. The van der Waals surface area contributed by atoms with Gasteiger partial charge in [0.1, 0.15) is 12.3 Å². The van der Waals surface area contributed by atoms with Gasteiger partial charge in [-0.1, -0.05) is 35.9 Å². The van der Waals surface area contributed by atoms with Crippen molar-refractivity contribution in [1.29, 1.82) is 0 Å². The number of para-hydroxylation sites is 2. The number of quaternary nitrogens is 1. The first-order valence-corrected chi connectivity index (χ1v) is 9.26. The van der Waals surface area contributed by atoms with Crippen LogP contribution in [-0.2, 0) is 11.3 Å². The van der Waals surface area contributed by atoms with E-state index in [0.29, 0.717) is 0 Å². The Balaban J connectivity index is 1.45. The normalized spacial score (nSPS) is 14.9. The van der Waals surface area contributed by atoms with E-state index in [-0.39, 0.29) is 12.5 Å². The van der Waals surface area contributed by atoms with Gasteiger partial charge >= 0.3 is 0 Å². The molecule has 1 aliphatic heterocycles. The quantitative estimate of drug-likeness (QED) is 0.808. The standard InChI is InChI=1S/C20H24ClN3O2/c1-26-19-5-3-2-4-18(19)22-14-20(25)24-12-10-23(11-13-24)15-16-6-8-17(21)9-7-16/h2-9,22H,10-15H2,1H3/p+1. The van der Waals surface area contributed by atoms with Gasteiger partial charge in [-0.25, -0.2) is 0 Å². The average Bonchev–Trinajstić information content (AvgIpc) is 2.68. The molecule has 6 heteroatoms. The van der Waals surface area contributed by atoms with Crippen molar-refractivity contribution in [2.24, 2.45) is 0 Å². The topological polar surface area (TPSA) is 46.0 Å². The molecule has 0 unspecified atom stereocenters. The number of carbonyl (C=O) groups is 1. The molecule has 0 radical (unpaired) electrons. The number of amides is 1. The second kappa shape index (κ2) is 8.92. The molecule has 5 nitrogen and oxygen atoms in total. The zero-order valence-corrected chi connectivity index (χ0v) is 15.8. The molecule has 0 saturated carbocycles. The maximum Gasteiger partial charge on any atom is 0.242 e. The summed E-state index contributed by atoms with van der Waals surface area (Å²) in [5.41, 5.74) is 2.12. The first-order chi connectivity index (χ1) is 12.7. The molecule has 2 aromatic carbocycles. The van der Waals surface area contributed by atoms with Crippen molar-refractivity contribution in [3.8, 4) is 5.75 Å². The first-order valence-electron chi connectivity index (χ1n) is 8.88. The number of nitrogens with zero attached hydrogens (tertiary/aromatic N) is 1. The van der Waals surface area contributed by atoms with Crippen LogP contribution in [0.5, 0.6) is 5.75 Å². The van der Waals surface area contributed by atoms with Gasteiger partial charge in [-0.15, -0.1) is 0 Å². The number of rotatable bonds is 6. The lowest BCUT2D eigenvalue weighted by Gasteiger charge is -2.32. The van der Waals surface area contributed by atoms with Crippen molar-refractivity contribution in [3.05, 3.63) is 59.1 Å². The number of methoxy groups -OCH3 is 1. The predicted molar refractivity (Wildman–Crippen MR) is 104 cm³/mol. The molecule has 138 valence electrons. The summed E-state index contributed by atoms with van der Waals surface area (Å²) in [6.45, 7) is 4.75. The van der Waals surface area contributed by atoms with Crippen LogP contribution in [0.3, 0.4) is 0 Å². The second-order valence-corrected chi connectivity index (χ2v) is 6.92. The number of piperazine rings is 1. The summed E-state index contributed by atoms with van der Waals surface area (Å²) >= 11 is 5.94. The van der Waals surface area contributed by atoms with Crippen LogP contribution in [0.1, 0.15) is 5.56 Å². The van der Waals surface area contributed by atoms with E-state index < -0.39 is 0 Å². The summed E-state index contributed by atoms with van der Waals surface area (Å²) < 4.78 is 5.30. The zero-order chi connectivity index (χ0) is 18.4. The number of ether oxygens (including phenoxy) is 1. The Labute approximate surface area is 159 Å². The zero-order valence-electron chi connectivity index (χ0n) is 15.0. The smallest absolute Gasteiger partial charge is 0.242 e. The number of hydrogen-bond acceptors (Lipinski definition) is 3. The van der Waals surface area contributed by atoms with E-state index in [9.17, 15) is 4.79 Å². The molecule has 3 rings (SSSR count). The van der Waals surface area contributed by atoms with Crippen LogP contribution >= 0.6 is 11.6 Å². The fourth-order valence-corrected chi connectivity index (χ4v) is 3.34.